The van der Waals surface area contributed by atoms with Gasteiger partial charge in [-0.3, -0.25) is 4.79 Å². The first-order chi connectivity index (χ1) is 6.37. The molecule has 0 unspecified atom stereocenters. The molecule has 0 saturated heterocycles. The van der Waals surface area contributed by atoms with Crippen LogP contribution in [0.1, 0.15) is 13.3 Å². The summed E-state index contributed by atoms with van der Waals surface area (Å²) in [4.78, 5) is 11.9. The standard InChI is InChI=1S/C8H17NO4S/c1-3-14(12,13)7-6-9(2)5-4-8(10)11/h3-7H2,1-2H3,(H,10,11). The molecule has 14 heavy (non-hydrogen) atoms. The van der Waals surface area contributed by atoms with Crippen molar-refractivity contribution in [2.75, 3.05) is 31.6 Å². The van der Waals surface area contributed by atoms with Crippen LogP contribution in [0.15, 0.2) is 0 Å². The number of carboxylic acids is 1. The maximum atomic E-state index is 11.1. The Morgan fingerprint density at radius 2 is 1.93 bits per heavy atom. The fourth-order valence-electron chi connectivity index (χ4n) is 0.838. The smallest absolute Gasteiger partial charge is 0.304 e. The van der Waals surface area contributed by atoms with E-state index in [-0.39, 0.29) is 17.9 Å². The predicted molar refractivity (Wildman–Crippen MR) is 54.1 cm³/mol. The zero-order chi connectivity index (χ0) is 11.2. The third-order valence-electron chi connectivity index (χ3n) is 1.93. The van der Waals surface area contributed by atoms with Gasteiger partial charge in [-0.1, -0.05) is 6.92 Å². The van der Waals surface area contributed by atoms with Gasteiger partial charge in [-0.25, -0.2) is 8.42 Å². The molecule has 5 nitrogen and oxygen atoms in total. The van der Waals surface area contributed by atoms with E-state index in [9.17, 15) is 13.2 Å². The number of carboxylic acid groups (broad SMARTS) is 1. The van der Waals surface area contributed by atoms with Crippen LogP contribution in [0.2, 0.25) is 0 Å². The second-order valence-electron chi connectivity index (χ2n) is 3.18. The summed E-state index contributed by atoms with van der Waals surface area (Å²) in [6, 6.07) is 0. The quantitative estimate of drug-likeness (QED) is 0.648. The molecule has 0 aliphatic carbocycles. The van der Waals surface area contributed by atoms with Crippen LogP contribution in [-0.4, -0.2) is 56.0 Å². The van der Waals surface area contributed by atoms with Crippen molar-refractivity contribution in [3.63, 3.8) is 0 Å². The van der Waals surface area contributed by atoms with Crippen molar-refractivity contribution in [3.8, 4) is 0 Å². The second kappa shape index (κ2) is 5.98. The summed E-state index contributed by atoms with van der Waals surface area (Å²) in [5, 5.41) is 8.39. The molecule has 0 aliphatic rings. The molecule has 0 aromatic heterocycles. The van der Waals surface area contributed by atoms with Gasteiger partial charge in [0.1, 0.15) is 0 Å². The number of nitrogens with zero attached hydrogens (tertiary/aromatic N) is 1. The van der Waals surface area contributed by atoms with Gasteiger partial charge in [0.15, 0.2) is 9.84 Å². The molecule has 0 rings (SSSR count). The molecule has 0 bridgehead atoms. The number of hydrogen-bond donors (Lipinski definition) is 1. The normalized spacial score (nSPS) is 11.9. The molecule has 0 radical (unpaired) electrons. The number of hydrogen-bond acceptors (Lipinski definition) is 4. The molecule has 6 heteroatoms. The molecule has 0 aliphatic heterocycles. The zero-order valence-corrected chi connectivity index (χ0v) is 9.38. The summed E-state index contributed by atoms with van der Waals surface area (Å²) >= 11 is 0. The lowest BCUT2D eigenvalue weighted by Gasteiger charge is -2.14. The van der Waals surface area contributed by atoms with E-state index in [1.807, 2.05) is 0 Å². The van der Waals surface area contributed by atoms with Gasteiger partial charge in [0, 0.05) is 18.8 Å². The fraction of sp³-hybridized carbons (Fsp3) is 0.875. The van der Waals surface area contributed by atoms with Gasteiger partial charge in [0.25, 0.3) is 0 Å². The van der Waals surface area contributed by atoms with Crippen LogP contribution in [0.25, 0.3) is 0 Å². The second-order valence-corrected chi connectivity index (χ2v) is 5.66. The molecule has 1 N–H and O–H groups in total. The minimum atomic E-state index is -2.94. The highest BCUT2D eigenvalue weighted by Crippen LogP contribution is 1.93. The van der Waals surface area contributed by atoms with Gasteiger partial charge in [-0.2, -0.15) is 0 Å². The Morgan fingerprint density at radius 3 is 2.36 bits per heavy atom. The summed E-state index contributed by atoms with van der Waals surface area (Å²) in [6.45, 7) is 2.38. The van der Waals surface area contributed by atoms with Gasteiger partial charge in [0.2, 0.25) is 0 Å². The summed E-state index contributed by atoms with van der Waals surface area (Å²) < 4.78 is 22.2. The van der Waals surface area contributed by atoms with Crippen molar-refractivity contribution >= 4 is 15.8 Å². The monoisotopic (exact) mass is 223 g/mol. The Bertz CT molecular complexity index is 273. The molecule has 0 aromatic carbocycles. The van der Waals surface area contributed by atoms with Crippen LogP contribution in [-0.2, 0) is 14.6 Å². The van der Waals surface area contributed by atoms with Gasteiger partial charge in [-0.05, 0) is 7.05 Å². The Kier molecular flexibility index (Phi) is 5.71. The molecule has 0 atom stereocenters. The minimum Gasteiger partial charge on any atom is -0.481 e. The van der Waals surface area contributed by atoms with Crippen LogP contribution in [0.4, 0.5) is 0 Å². The molecule has 0 spiro atoms. The van der Waals surface area contributed by atoms with Crippen LogP contribution in [0.5, 0.6) is 0 Å². The highest BCUT2D eigenvalue weighted by Gasteiger charge is 2.09. The topological polar surface area (TPSA) is 74.7 Å². The van der Waals surface area contributed by atoms with Gasteiger partial charge in [0.05, 0.1) is 12.2 Å². The van der Waals surface area contributed by atoms with E-state index in [2.05, 4.69) is 0 Å². The first kappa shape index (κ1) is 13.4. The van der Waals surface area contributed by atoms with Crippen molar-refractivity contribution in [2.24, 2.45) is 0 Å². The highest BCUT2D eigenvalue weighted by molar-refractivity contribution is 7.91. The highest BCUT2D eigenvalue weighted by atomic mass is 32.2. The fourth-order valence-corrected chi connectivity index (χ4v) is 1.72. The van der Waals surface area contributed by atoms with Gasteiger partial charge < -0.3 is 10.0 Å². The van der Waals surface area contributed by atoms with E-state index in [1.54, 1.807) is 18.9 Å². The van der Waals surface area contributed by atoms with E-state index >= 15 is 0 Å². The Labute approximate surface area is 84.6 Å². The molecule has 0 amide bonds. The molecule has 0 fully saturated rings. The summed E-state index contributed by atoms with van der Waals surface area (Å²) in [6.07, 6.45) is 0.0443. The lowest BCUT2D eigenvalue weighted by atomic mass is 10.4. The average molecular weight is 223 g/mol. The van der Waals surface area contributed by atoms with E-state index in [0.29, 0.717) is 13.1 Å². The molecule has 0 heterocycles. The first-order valence-electron chi connectivity index (χ1n) is 4.48. The van der Waals surface area contributed by atoms with E-state index in [0.717, 1.165) is 0 Å². The van der Waals surface area contributed by atoms with Crippen molar-refractivity contribution < 1.29 is 18.3 Å². The van der Waals surface area contributed by atoms with Crippen molar-refractivity contribution in [1.82, 2.24) is 4.90 Å². The number of sulfone groups is 1. The summed E-state index contributed by atoms with van der Waals surface area (Å²) in [5.74, 6) is -0.630. The molecular weight excluding hydrogens is 206 g/mol. The van der Waals surface area contributed by atoms with Gasteiger partial charge in [-0.15, -0.1) is 0 Å². The van der Waals surface area contributed by atoms with E-state index in [4.69, 9.17) is 5.11 Å². The van der Waals surface area contributed by atoms with Crippen LogP contribution in [0, 0.1) is 0 Å². The van der Waals surface area contributed by atoms with Gasteiger partial charge >= 0.3 is 5.97 Å². The Morgan fingerprint density at radius 1 is 1.36 bits per heavy atom. The number of aliphatic carboxylic acids is 1. The zero-order valence-electron chi connectivity index (χ0n) is 8.56. The lowest BCUT2D eigenvalue weighted by molar-refractivity contribution is -0.137. The Balaban J connectivity index is 3.74. The largest absolute Gasteiger partial charge is 0.481 e. The molecule has 0 aromatic rings. The van der Waals surface area contributed by atoms with Crippen LogP contribution in [0.3, 0.4) is 0 Å². The maximum Gasteiger partial charge on any atom is 0.304 e. The predicted octanol–water partition coefficient (Wildman–Crippen LogP) is -0.172. The molecular formula is C8H17NO4S. The third kappa shape index (κ3) is 6.85. The average Bonchev–Trinajstić information content (AvgIpc) is 2.11. The van der Waals surface area contributed by atoms with Crippen molar-refractivity contribution in [2.45, 2.75) is 13.3 Å². The Hall–Kier alpha value is -0.620. The SMILES string of the molecule is CCS(=O)(=O)CCN(C)CCC(=O)O. The number of carbonyl (C=O) groups is 1. The summed E-state index contributed by atoms with van der Waals surface area (Å²) in [5.41, 5.74) is 0. The van der Waals surface area contributed by atoms with E-state index in [1.165, 1.54) is 0 Å². The third-order valence-corrected chi connectivity index (χ3v) is 3.62. The molecule has 84 valence electrons. The minimum absolute atomic E-state index is 0.0443. The summed E-state index contributed by atoms with van der Waals surface area (Å²) in [7, 11) is -1.23. The number of rotatable bonds is 7. The van der Waals surface area contributed by atoms with E-state index < -0.39 is 15.8 Å². The maximum absolute atomic E-state index is 11.1. The lowest BCUT2D eigenvalue weighted by Crippen LogP contribution is -2.28. The van der Waals surface area contributed by atoms with Crippen molar-refractivity contribution in [3.05, 3.63) is 0 Å². The first-order valence-corrected chi connectivity index (χ1v) is 6.30. The van der Waals surface area contributed by atoms with Crippen LogP contribution < -0.4 is 0 Å². The molecule has 0 saturated carbocycles. The van der Waals surface area contributed by atoms with Crippen LogP contribution >= 0.6 is 0 Å². The van der Waals surface area contributed by atoms with Crippen molar-refractivity contribution in [1.29, 1.82) is 0 Å².